The van der Waals surface area contributed by atoms with Crippen LogP contribution < -0.4 is 5.32 Å². The summed E-state index contributed by atoms with van der Waals surface area (Å²) in [6.45, 7) is -1.27. The third-order valence-corrected chi connectivity index (χ3v) is 4.04. The van der Waals surface area contributed by atoms with Crippen molar-refractivity contribution in [3.63, 3.8) is 0 Å². The molecule has 0 bridgehead atoms. The smallest absolute Gasteiger partial charge is 0.329 e. The number of hydrogen-bond donors (Lipinski definition) is 1. The molecular formula is C15H17F3N2O. The van der Waals surface area contributed by atoms with E-state index < -0.39 is 18.8 Å². The molecule has 2 amide bonds. The number of carbonyl (C=O) groups excluding carboxylic acids is 1. The average Bonchev–Trinajstić information content (AvgIpc) is 3.14. The topological polar surface area (TPSA) is 32.3 Å². The van der Waals surface area contributed by atoms with Crippen molar-refractivity contribution >= 4 is 6.03 Å². The van der Waals surface area contributed by atoms with E-state index in [2.05, 4.69) is 0 Å². The molecule has 6 heteroatoms. The van der Waals surface area contributed by atoms with Gasteiger partial charge in [0.1, 0.15) is 6.54 Å². The van der Waals surface area contributed by atoms with Crippen LogP contribution in [0.3, 0.4) is 0 Å². The average molecular weight is 298 g/mol. The lowest BCUT2D eigenvalue weighted by atomic mass is 10.1. The van der Waals surface area contributed by atoms with E-state index in [0.29, 0.717) is 0 Å². The van der Waals surface area contributed by atoms with Gasteiger partial charge in [0.25, 0.3) is 0 Å². The van der Waals surface area contributed by atoms with E-state index in [4.69, 9.17) is 0 Å². The van der Waals surface area contributed by atoms with Crippen molar-refractivity contribution in [2.24, 2.45) is 0 Å². The zero-order valence-electron chi connectivity index (χ0n) is 11.5. The van der Waals surface area contributed by atoms with Crippen LogP contribution in [0, 0.1) is 0 Å². The van der Waals surface area contributed by atoms with Crippen LogP contribution in [0.1, 0.15) is 24.0 Å². The Balaban J connectivity index is 1.68. The van der Waals surface area contributed by atoms with E-state index in [1.165, 1.54) is 11.1 Å². The molecule has 2 aliphatic rings. The Morgan fingerprint density at radius 1 is 1.14 bits per heavy atom. The first-order chi connectivity index (χ1) is 9.94. The quantitative estimate of drug-likeness (QED) is 0.914. The van der Waals surface area contributed by atoms with E-state index in [0.717, 1.165) is 25.7 Å². The SMILES string of the molecule is O=C(NCC(F)(F)F)N(C1CC1)C1Cc2ccccc2C1. The number of hydrogen-bond acceptors (Lipinski definition) is 1. The van der Waals surface area contributed by atoms with Crippen LogP contribution in [-0.2, 0) is 12.8 Å². The summed E-state index contributed by atoms with van der Waals surface area (Å²) in [5, 5.41) is 2.01. The molecule has 0 radical (unpaired) electrons. The van der Waals surface area contributed by atoms with Gasteiger partial charge < -0.3 is 10.2 Å². The van der Waals surface area contributed by atoms with Crippen LogP contribution in [0.2, 0.25) is 0 Å². The van der Waals surface area contributed by atoms with E-state index in [-0.39, 0.29) is 12.1 Å². The molecule has 0 atom stereocenters. The molecule has 0 heterocycles. The first kappa shape index (κ1) is 14.2. The van der Waals surface area contributed by atoms with E-state index in [1.807, 2.05) is 29.6 Å². The van der Waals surface area contributed by atoms with Gasteiger partial charge in [-0.2, -0.15) is 13.2 Å². The lowest BCUT2D eigenvalue weighted by molar-refractivity contribution is -0.123. The van der Waals surface area contributed by atoms with Crippen molar-refractivity contribution in [1.82, 2.24) is 10.2 Å². The number of halogens is 3. The van der Waals surface area contributed by atoms with Gasteiger partial charge in [-0.3, -0.25) is 0 Å². The van der Waals surface area contributed by atoms with Gasteiger partial charge in [-0.1, -0.05) is 24.3 Å². The number of urea groups is 1. The minimum atomic E-state index is -4.37. The molecule has 0 spiro atoms. The molecular weight excluding hydrogens is 281 g/mol. The van der Waals surface area contributed by atoms with E-state index >= 15 is 0 Å². The summed E-state index contributed by atoms with van der Waals surface area (Å²) < 4.78 is 36.8. The fourth-order valence-electron chi connectivity index (χ4n) is 2.98. The predicted octanol–water partition coefficient (Wildman–Crippen LogP) is 2.89. The van der Waals surface area contributed by atoms with Crippen LogP contribution in [-0.4, -0.2) is 35.7 Å². The van der Waals surface area contributed by atoms with E-state index in [1.54, 1.807) is 4.90 Å². The Morgan fingerprint density at radius 2 is 1.71 bits per heavy atom. The molecule has 1 aromatic rings. The molecule has 1 fully saturated rings. The van der Waals surface area contributed by atoms with Gasteiger partial charge in [-0.25, -0.2) is 4.79 Å². The van der Waals surface area contributed by atoms with Gasteiger partial charge in [0, 0.05) is 12.1 Å². The molecule has 2 aliphatic carbocycles. The second-order valence-corrected chi connectivity index (χ2v) is 5.74. The number of nitrogens with one attached hydrogen (secondary N) is 1. The van der Waals surface area contributed by atoms with Crippen molar-refractivity contribution in [3.8, 4) is 0 Å². The number of nitrogens with zero attached hydrogens (tertiary/aromatic N) is 1. The Kier molecular flexibility index (Phi) is 3.55. The lowest BCUT2D eigenvalue weighted by Gasteiger charge is -2.29. The van der Waals surface area contributed by atoms with Crippen LogP contribution in [0.25, 0.3) is 0 Å². The molecule has 0 aromatic heterocycles. The summed E-state index contributed by atoms with van der Waals surface area (Å²) in [4.78, 5) is 13.8. The third-order valence-electron chi connectivity index (χ3n) is 4.04. The first-order valence-electron chi connectivity index (χ1n) is 7.14. The normalized spacial score (nSPS) is 18.4. The van der Waals surface area contributed by atoms with Gasteiger partial charge in [0.2, 0.25) is 0 Å². The van der Waals surface area contributed by atoms with Gasteiger partial charge in [0.05, 0.1) is 0 Å². The molecule has 114 valence electrons. The lowest BCUT2D eigenvalue weighted by Crippen LogP contribution is -2.50. The van der Waals surface area contributed by atoms with Crippen LogP contribution >= 0.6 is 0 Å². The maximum Gasteiger partial charge on any atom is 0.405 e. The Labute approximate surface area is 121 Å². The number of benzene rings is 1. The largest absolute Gasteiger partial charge is 0.405 e. The highest BCUT2D eigenvalue weighted by atomic mass is 19.4. The number of alkyl halides is 3. The highest BCUT2D eigenvalue weighted by molar-refractivity contribution is 5.75. The molecule has 3 nitrogen and oxygen atoms in total. The molecule has 21 heavy (non-hydrogen) atoms. The van der Waals surface area contributed by atoms with Gasteiger partial charge in [-0.05, 0) is 36.8 Å². The Hall–Kier alpha value is -1.72. The summed E-state index contributed by atoms with van der Waals surface area (Å²) in [5.41, 5.74) is 2.38. The number of rotatable bonds is 3. The minimum Gasteiger partial charge on any atom is -0.329 e. The summed E-state index contributed by atoms with van der Waals surface area (Å²) in [5.74, 6) is 0. The second-order valence-electron chi connectivity index (χ2n) is 5.74. The molecule has 1 N–H and O–H groups in total. The molecule has 0 aliphatic heterocycles. The number of carbonyl (C=O) groups is 1. The highest BCUT2D eigenvalue weighted by Crippen LogP contribution is 2.34. The Bertz CT molecular complexity index is 515. The summed E-state index contributed by atoms with van der Waals surface area (Å²) in [6.07, 6.45) is -1.15. The molecule has 1 aromatic carbocycles. The zero-order chi connectivity index (χ0) is 15.0. The monoisotopic (exact) mass is 298 g/mol. The highest BCUT2D eigenvalue weighted by Gasteiger charge is 2.40. The fraction of sp³-hybridized carbons (Fsp3) is 0.533. The van der Waals surface area contributed by atoms with Crippen molar-refractivity contribution in [1.29, 1.82) is 0 Å². The molecule has 0 saturated heterocycles. The summed E-state index contributed by atoms with van der Waals surface area (Å²) in [7, 11) is 0. The molecule has 1 saturated carbocycles. The minimum absolute atomic E-state index is 0.0249. The molecule has 3 rings (SSSR count). The number of fused-ring (bicyclic) bond motifs is 1. The zero-order valence-corrected chi connectivity index (χ0v) is 11.5. The fourth-order valence-corrected chi connectivity index (χ4v) is 2.98. The summed E-state index contributed by atoms with van der Waals surface area (Å²) >= 11 is 0. The van der Waals surface area contributed by atoms with Crippen LogP contribution in [0.15, 0.2) is 24.3 Å². The van der Waals surface area contributed by atoms with Crippen molar-refractivity contribution in [2.75, 3.05) is 6.54 Å². The maximum absolute atomic E-state index is 12.3. The second kappa shape index (κ2) is 5.24. The predicted molar refractivity (Wildman–Crippen MR) is 72.0 cm³/mol. The van der Waals surface area contributed by atoms with Gasteiger partial charge >= 0.3 is 12.2 Å². The van der Waals surface area contributed by atoms with Crippen molar-refractivity contribution in [2.45, 2.75) is 43.9 Å². The van der Waals surface area contributed by atoms with Crippen molar-refractivity contribution < 1.29 is 18.0 Å². The number of amides is 2. The third kappa shape index (κ3) is 3.31. The molecule has 0 unspecified atom stereocenters. The summed E-state index contributed by atoms with van der Waals surface area (Å²) in [6, 6.07) is 7.43. The maximum atomic E-state index is 12.3. The van der Waals surface area contributed by atoms with Crippen molar-refractivity contribution in [3.05, 3.63) is 35.4 Å². The Morgan fingerprint density at radius 3 is 2.19 bits per heavy atom. The van der Waals surface area contributed by atoms with Gasteiger partial charge in [-0.15, -0.1) is 0 Å². The van der Waals surface area contributed by atoms with Crippen LogP contribution in [0.5, 0.6) is 0 Å². The van der Waals surface area contributed by atoms with Gasteiger partial charge in [0.15, 0.2) is 0 Å². The standard InChI is InChI=1S/C15H17F3N2O/c16-15(17,18)9-19-14(21)20(12-5-6-12)13-7-10-3-1-2-4-11(10)8-13/h1-4,12-13H,5-9H2,(H,19,21). The first-order valence-corrected chi connectivity index (χ1v) is 7.14. The van der Waals surface area contributed by atoms with Crippen LogP contribution in [0.4, 0.5) is 18.0 Å². The van der Waals surface area contributed by atoms with E-state index in [9.17, 15) is 18.0 Å².